The topological polar surface area (TPSA) is 76.4 Å². The molecule has 1 heterocycles. The van der Waals surface area contributed by atoms with Crippen molar-refractivity contribution in [2.24, 2.45) is 0 Å². The number of ketones is 1. The van der Waals surface area contributed by atoms with E-state index in [0.29, 0.717) is 17.0 Å². The van der Waals surface area contributed by atoms with Gasteiger partial charge in [-0.1, -0.05) is 0 Å². The van der Waals surface area contributed by atoms with Crippen molar-refractivity contribution in [1.82, 2.24) is 0 Å². The van der Waals surface area contributed by atoms with Crippen LogP contribution in [0.25, 0.3) is 0 Å². The highest BCUT2D eigenvalue weighted by atomic mass is 32.2. The second-order valence-electron chi connectivity index (χ2n) is 4.92. The van der Waals surface area contributed by atoms with Crippen LogP contribution in [-0.4, -0.2) is 20.5 Å². The van der Waals surface area contributed by atoms with Crippen molar-refractivity contribution in [3.63, 3.8) is 0 Å². The molecule has 21 heavy (non-hydrogen) atoms. The van der Waals surface area contributed by atoms with E-state index in [9.17, 15) is 13.2 Å². The molecular weight excluding hydrogens is 290 g/mol. The predicted octanol–water partition coefficient (Wildman–Crippen LogP) is 3.06. The molecule has 1 atom stereocenters. The number of carbonyl (C=O) groups excluding carboxylic acids is 1. The third kappa shape index (κ3) is 3.52. The summed E-state index contributed by atoms with van der Waals surface area (Å²) in [6, 6.07) is 7.86. The first-order valence-electron chi connectivity index (χ1n) is 6.44. The van der Waals surface area contributed by atoms with Crippen LogP contribution in [0.3, 0.4) is 0 Å². The molecule has 0 aliphatic heterocycles. The summed E-state index contributed by atoms with van der Waals surface area (Å²) in [5, 5.41) is 3.09. The van der Waals surface area contributed by atoms with Gasteiger partial charge in [0.2, 0.25) is 0 Å². The molecule has 1 unspecified atom stereocenters. The van der Waals surface area contributed by atoms with Crippen LogP contribution in [0.15, 0.2) is 45.9 Å². The second kappa shape index (κ2) is 5.73. The number of nitrogens with one attached hydrogen (secondary N) is 1. The van der Waals surface area contributed by atoms with Crippen LogP contribution in [0.2, 0.25) is 0 Å². The summed E-state index contributed by atoms with van der Waals surface area (Å²) in [6.45, 7) is 3.29. The number of hydrogen-bond donors (Lipinski definition) is 1. The van der Waals surface area contributed by atoms with E-state index in [-0.39, 0.29) is 16.7 Å². The summed E-state index contributed by atoms with van der Waals surface area (Å²) in [4.78, 5) is 11.6. The monoisotopic (exact) mass is 307 g/mol. The Bertz CT molecular complexity index is 748. The predicted molar refractivity (Wildman–Crippen MR) is 80.3 cm³/mol. The number of benzene rings is 1. The molecule has 0 aliphatic carbocycles. The van der Waals surface area contributed by atoms with Gasteiger partial charge in [-0.15, -0.1) is 0 Å². The summed E-state index contributed by atoms with van der Waals surface area (Å²) >= 11 is 0. The van der Waals surface area contributed by atoms with Crippen LogP contribution in [0.1, 0.15) is 36.0 Å². The van der Waals surface area contributed by atoms with Crippen LogP contribution < -0.4 is 5.32 Å². The second-order valence-corrected chi connectivity index (χ2v) is 6.90. The Balaban J connectivity index is 2.44. The molecule has 5 nitrogen and oxygen atoms in total. The Morgan fingerprint density at radius 2 is 2.00 bits per heavy atom. The Morgan fingerprint density at radius 1 is 1.29 bits per heavy atom. The van der Waals surface area contributed by atoms with Crippen molar-refractivity contribution in [3.8, 4) is 0 Å². The first-order valence-corrected chi connectivity index (χ1v) is 8.33. The maximum atomic E-state index is 11.9. The van der Waals surface area contributed by atoms with E-state index in [0.717, 1.165) is 6.26 Å². The molecule has 0 saturated heterocycles. The molecule has 1 aromatic heterocycles. The van der Waals surface area contributed by atoms with Crippen LogP contribution in [0.5, 0.6) is 0 Å². The number of rotatable bonds is 5. The van der Waals surface area contributed by atoms with Crippen molar-refractivity contribution >= 4 is 21.3 Å². The van der Waals surface area contributed by atoms with Crippen LogP contribution >= 0.6 is 0 Å². The van der Waals surface area contributed by atoms with E-state index in [1.54, 1.807) is 24.5 Å². The highest BCUT2D eigenvalue weighted by Gasteiger charge is 2.18. The minimum atomic E-state index is -3.39. The molecule has 0 amide bonds. The third-order valence-corrected chi connectivity index (χ3v) is 4.28. The van der Waals surface area contributed by atoms with Gasteiger partial charge in [0.15, 0.2) is 15.6 Å². The summed E-state index contributed by atoms with van der Waals surface area (Å²) in [7, 11) is -3.39. The first kappa shape index (κ1) is 15.3. The van der Waals surface area contributed by atoms with E-state index in [2.05, 4.69) is 5.32 Å². The van der Waals surface area contributed by atoms with Gasteiger partial charge >= 0.3 is 0 Å². The Kier molecular flexibility index (Phi) is 4.18. The van der Waals surface area contributed by atoms with Crippen LogP contribution in [-0.2, 0) is 9.84 Å². The van der Waals surface area contributed by atoms with Gasteiger partial charge in [-0.25, -0.2) is 8.42 Å². The largest absolute Gasteiger partial charge is 0.467 e. The molecular formula is C15H17NO4S. The lowest BCUT2D eigenvalue weighted by atomic mass is 10.1. The molecule has 0 radical (unpaired) electrons. The molecule has 0 saturated carbocycles. The first-order chi connectivity index (χ1) is 9.79. The van der Waals surface area contributed by atoms with Gasteiger partial charge in [0.05, 0.1) is 22.9 Å². The van der Waals surface area contributed by atoms with Gasteiger partial charge in [0.25, 0.3) is 0 Å². The molecule has 0 aliphatic rings. The molecule has 0 spiro atoms. The van der Waals surface area contributed by atoms with Gasteiger partial charge in [0, 0.05) is 11.8 Å². The fraction of sp³-hybridized carbons (Fsp3) is 0.267. The van der Waals surface area contributed by atoms with E-state index in [4.69, 9.17) is 4.42 Å². The lowest BCUT2D eigenvalue weighted by Gasteiger charge is -2.16. The summed E-state index contributed by atoms with van der Waals surface area (Å²) in [5.74, 6) is 0.562. The van der Waals surface area contributed by atoms with Crippen molar-refractivity contribution < 1.29 is 17.6 Å². The zero-order valence-electron chi connectivity index (χ0n) is 12.1. The lowest BCUT2D eigenvalue weighted by Crippen LogP contribution is -2.11. The van der Waals surface area contributed by atoms with Crippen molar-refractivity contribution in [1.29, 1.82) is 0 Å². The zero-order valence-corrected chi connectivity index (χ0v) is 12.9. The minimum Gasteiger partial charge on any atom is -0.467 e. The van der Waals surface area contributed by atoms with Crippen molar-refractivity contribution in [2.75, 3.05) is 11.6 Å². The third-order valence-electron chi connectivity index (χ3n) is 3.13. The van der Waals surface area contributed by atoms with Gasteiger partial charge < -0.3 is 9.73 Å². The van der Waals surface area contributed by atoms with E-state index >= 15 is 0 Å². The molecule has 1 N–H and O–H groups in total. The molecule has 112 valence electrons. The highest BCUT2D eigenvalue weighted by Crippen LogP contribution is 2.27. The van der Waals surface area contributed by atoms with Crippen LogP contribution in [0.4, 0.5) is 5.69 Å². The highest BCUT2D eigenvalue weighted by molar-refractivity contribution is 7.90. The van der Waals surface area contributed by atoms with Gasteiger partial charge in [0.1, 0.15) is 5.76 Å². The van der Waals surface area contributed by atoms with Gasteiger partial charge in [-0.05, 0) is 44.2 Å². The van der Waals surface area contributed by atoms with E-state index in [1.165, 1.54) is 19.1 Å². The van der Waals surface area contributed by atoms with Gasteiger partial charge in [-0.2, -0.15) is 0 Å². The Labute approximate surface area is 123 Å². The molecule has 0 bridgehead atoms. The lowest BCUT2D eigenvalue weighted by molar-refractivity contribution is 0.101. The molecule has 2 rings (SSSR count). The minimum absolute atomic E-state index is 0.122. The number of furan rings is 1. The molecule has 0 fully saturated rings. The number of hydrogen-bond acceptors (Lipinski definition) is 5. The van der Waals surface area contributed by atoms with Gasteiger partial charge in [-0.3, -0.25) is 4.79 Å². The number of sulfone groups is 1. The average molecular weight is 307 g/mol. The molecule has 6 heteroatoms. The maximum Gasteiger partial charge on any atom is 0.177 e. The average Bonchev–Trinajstić information content (AvgIpc) is 2.91. The van der Waals surface area contributed by atoms with Crippen molar-refractivity contribution in [3.05, 3.63) is 47.9 Å². The normalized spacial score (nSPS) is 12.9. The number of carbonyl (C=O) groups is 1. The summed E-state index contributed by atoms with van der Waals surface area (Å²) < 4.78 is 29.0. The molecule has 1 aromatic carbocycles. The fourth-order valence-corrected chi connectivity index (χ4v) is 2.86. The van der Waals surface area contributed by atoms with Crippen LogP contribution in [0, 0.1) is 0 Å². The number of Topliss-reactive ketones (excluding diaryl/α,β-unsaturated/α-hetero) is 1. The fourth-order valence-electron chi connectivity index (χ4n) is 2.03. The Hall–Kier alpha value is -2.08. The summed E-state index contributed by atoms with van der Waals surface area (Å²) in [6.07, 6.45) is 2.69. The number of anilines is 1. The maximum absolute atomic E-state index is 11.9. The Morgan fingerprint density at radius 3 is 2.52 bits per heavy atom. The SMILES string of the molecule is CC(=O)c1ccc(S(C)(=O)=O)c(NC(C)c2ccco2)c1. The van der Waals surface area contributed by atoms with E-state index < -0.39 is 9.84 Å². The zero-order chi connectivity index (χ0) is 15.6. The van der Waals surface area contributed by atoms with E-state index in [1.807, 2.05) is 6.92 Å². The summed E-state index contributed by atoms with van der Waals surface area (Å²) in [5.41, 5.74) is 0.852. The molecule has 2 aromatic rings. The smallest absolute Gasteiger partial charge is 0.177 e. The quantitative estimate of drug-likeness (QED) is 0.859. The van der Waals surface area contributed by atoms with Crippen molar-refractivity contribution in [2.45, 2.75) is 24.8 Å². The standard InChI is InChI=1S/C15H17NO4S/c1-10(14-5-4-8-20-14)16-13-9-12(11(2)17)6-7-15(13)21(3,18)19/h4-10,16H,1-3H3.